The first-order chi connectivity index (χ1) is 22.2. The first kappa shape index (κ1) is 31.6. The maximum atomic E-state index is 14.0. The molecule has 4 aliphatic heterocycles. The van der Waals surface area contributed by atoms with Gasteiger partial charge in [0.1, 0.15) is 11.3 Å². The second-order valence-corrected chi connectivity index (χ2v) is 13.2. The molecule has 1 aromatic heterocycles. The number of ether oxygens (including phenoxy) is 4. The molecule has 0 spiro atoms. The van der Waals surface area contributed by atoms with E-state index in [0.717, 1.165) is 43.4 Å². The summed E-state index contributed by atoms with van der Waals surface area (Å²) in [4.78, 5) is 36.8. The van der Waals surface area contributed by atoms with Crippen molar-refractivity contribution in [1.82, 2.24) is 15.2 Å². The van der Waals surface area contributed by atoms with Crippen molar-refractivity contribution in [3.05, 3.63) is 35.4 Å². The van der Waals surface area contributed by atoms with Gasteiger partial charge < -0.3 is 39.4 Å². The van der Waals surface area contributed by atoms with Gasteiger partial charge in [-0.25, -0.2) is 4.98 Å². The number of rotatable bonds is 6. The van der Waals surface area contributed by atoms with E-state index in [9.17, 15) is 31.5 Å². The molecule has 5 aliphatic rings. The molecule has 2 aromatic carbocycles. The van der Waals surface area contributed by atoms with E-state index in [4.69, 9.17) is 14.5 Å². The molecule has 0 radical (unpaired) electrons. The molecule has 0 atom stereocenters. The average molecular weight is 684 g/mol. The fourth-order valence-electron chi connectivity index (χ4n) is 6.48. The summed E-state index contributed by atoms with van der Waals surface area (Å²) in [6, 6.07) is 5.36. The van der Waals surface area contributed by atoms with Gasteiger partial charge in [-0.05, 0) is 50.9 Å². The third kappa shape index (κ3) is 5.57. The van der Waals surface area contributed by atoms with Crippen LogP contribution in [0.25, 0.3) is 10.2 Å². The molecule has 8 rings (SSSR count). The summed E-state index contributed by atoms with van der Waals surface area (Å²) in [5.74, 6) is -2.20. The van der Waals surface area contributed by atoms with Crippen molar-refractivity contribution >= 4 is 44.2 Å². The van der Waals surface area contributed by atoms with Crippen LogP contribution < -0.4 is 29.7 Å². The predicted molar refractivity (Wildman–Crippen MR) is 160 cm³/mol. The third-order valence-corrected chi connectivity index (χ3v) is 10.4. The highest BCUT2D eigenvalue weighted by Crippen LogP contribution is 2.52. The van der Waals surface area contributed by atoms with Crippen LogP contribution in [0.2, 0.25) is 0 Å². The van der Waals surface area contributed by atoms with E-state index in [1.165, 1.54) is 18.4 Å². The maximum Gasteiger partial charge on any atom is 0.586 e. The van der Waals surface area contributed by atoms with Gasteiger partial charge in [-0.15, -0.1) is 8.78 Å². The van der Waals surface area contributed by atoms with Crippen LogP contribution in [0, 0.1) is 0 Å². The molecule has 2 bridgehead atoms. The fourth-order valence-corrected chi connectivity index (χ4v) is 7.64. The van der Waals surface area contributed by atoms with Gasteiger partial charge in [0.2, 0.25) is 0 Å². The number of thiazole rings is 1. The standard InChI is InChI=1S/C30H30F5N5O6S/c1-39-9-11-40(12-10-39)26-37-17-3-4-19(43-2)22(23(17)47-26)25(42)36-18-14-21-20(45-30(34,35)46-21)13-16(18)24(41)38-27-5-7-28(8-6-27,44-15-27)29(31,32)33/h3-4,13-14H,5-12,15H2,1-2H3,(H,36,42)(H,38,41). The van der Waals surface area contributed by atoms with Gasteiger partial charge in [0.05, 0.1) is 40.7 Å². The molecule has 11 nitrogen and oxygen atoms in total. The zero-order valence-electron chi connectivity index (χ0n) is 25.3. The summed E-state index contributed by atoms with van der Waals surface area (Å²) in [7, 11) is 3.43. The summed E-state index contributed by atoms with van der Waals surface area (Å²) < 4.78 is 89.6. The smallest absolute Gasteiger partial charge is 0.496 e. The van der Waals surface area contributed by atoms with Gasteiger partial charge in [0.25, 0.3) is 11.8 Å². The Kier molecular flexibility index (Phi) is 7.44. The second kappa shape index (κ2) is 11.1. The number of piperazine rings is 1. The summed E-state index contributed by atoms with van der Waals surface area (Å²) >= 11 is 1.30. The van der Waals surface area contributed by atoms with Crippen LogP contribution in [0.15, 0.2) is 24.3 Å². The maximum absolute atomic E-state index is 14.0. The second-order valence-electron chi connectivity index (χ2n) is 12.3. The highest BCUT2D eigenvalue weighted by molar-refractivity contribution is 7.22. The van der Waals surface area contributed by atoms with Crippen molar-refractivity contribution in [2.45, 2.75) is 49.3 Å². The van der Waals surface area contributed by atoms with Crippen LogP contribution in [0.3, 0.4) is 0 Å². The lowest BCUT2D eigenvalue weighted by Crippen LogP contribution is -2.66. The Morgan fingerprint density at radius 3 is 2.30 bits per heavy atom. The Morgan fingerprint density at radius 2 is 1.68 bits per heavy atom. The van der Waals surface area contributed by atoms with E-state index < -0.39 is 46.9 Å². The molecule has 47 heavy (non-hydrogen) atoms. The monoisotopic (exact) mass is 683 g/mol. The van der Waals surface area contributed by atoms with E-state index in [1.54, 1.807) is 12.1 Å². The Bertz CT molecular complexity index is 1730. The van der Waals surface area contributed by atoms with Crippen molar-refractivity contribution in [3.63, 3.8) is 0 Å². The minimum absolute atomic E-state index is 0.0111. The fraction of sp³-hybridized carbons (Fsp3) is 0.500. The van der Waals surface area contributed by atoms with Gasteiger partial charge in [-0.3, -0.25) is 9.59 Å². The molecule has 1 aliphatic carbocycles. The quantitative estimate of drug-likeness (QED) is 0.347. The Labute approximate surface area is 268 Å². The number of hydrogen-bond donors (Lipinski definition) is 2. The van der Waals surface area contributed by atoms with E-state index in [-0.39, 0.29) is 54.9 Å². The number of nitrogens with zero attached hydrogens (tertiary/aromatic N) is 3. The Hall–Kier alpha value is -3.96. The molecule has 2 amide bonds. The molecule has 4 fully saturated rings. The van der Waals surface area contributed by atoms with E-state index >= 15 is 0 Å². The molecule has 3 aromatic rings. The number of aromatic nitrogens is 1. The van der Waals surface area contributed by atoms with Crippen LogP contribution in [-0.2, 0) is 4.74 Å². The van der Waals surface area contributed by atoms with Crippen LogP contribution in [0.1, 0.15) is 46.4 Å². The lowest BCUT2D eigenvalue weighted by Gasteiger charge is -2.53. The molecule has 3 saturated heterocycles. The molecule has 5 heterocycles. The van der Waals surface area contributed by atoms with Crippen LogP contribution in [0.5, 0.6) is 17.2 Å². The lowest BCUT2D eigenvalue weighted by molar-refractivity contribution is -0.317. The Balaban J connectivity index is 1.20. The number of carbonyl (C=O) groups is 2. The number of amides is 2. The zero-order valence-corrected chi connectivity index (χ0v) is 26.1. The first-order valence-electron chi connectivity index (χ1n) is 14.9. The summed E-state index contributed by atoms with van der Waals surface area (Å²) in [6.07, 6.45) is -9.29. The highest BCUT2D eigenvalue weighted by Gasteiger charge is 2.63. The molecule has 17 heteroatoms. The van der Waals surface area contributed by atoms with Crippen molar-refractivity contribution in [3.8, 4) is 17.2 Å². The number of halogens is 5. The van der Waals surface area contributed by atoms with Crippen LogP contribution in [-0.4, -0.2) is 92.3 Å². The van der Waals surface area contributed by atoms with Crippen molar-refractivity contribution in [2.24, 2.45) is 0 Å². The zero-order chi connectivity index (χ0) is 33.4. The number of fused-ring (bicyclic) bond motifs is 5. The largest absolute Gasteiger partial charge is 0.586 e. The van der Waals surface area contributed by atoms with E-state index in [0.29, 0.717) is 10.2 Å². The summed E-state index contributed by atoms with van der Waals surface area (Å²) in [5, 5.41) is 6.12. The molecule has 0 unspecified atom stereocenters. The number of carbonyl (C=O) groups excluding carboxylic acids is 2. The van der Waals surface area contributed by atoms with Crippen LogP contribution in [0.4, 0.5) is 32.8 Å². The van der Waals surface area contributed by atoms with Gasteiger partial charge in [-0.2, -0.15) is 13.2 Å². The van der Waals surface area contributed by atoms with E-state index in [1.807, 2.05) is 7.05 Å². The van der Waals surface area contributed by atoms with Crippen molar-refractivity contribution in [1.29, 1.82) is 0 Å². The predicted octanol–water partition coefficient (Wildman–Crippen LogP) is 5.00. The van der Waals surface area contributed by atoms with Crippen molar-refractivity contribution < 1.29 is 50.5 Å². The molecule has 2 N–H and O–H groups in total. The summed E-state index contributed by atoms with van der Waals surface area (Å²) in [5.41, 5.74) is -3.18. The van der Waals surface area contributed by atoms with Gasteiger partial charge in [0.15, 0.2) is 22.2 Å². The van der Waals surface area contributed by atoms with E-state index in [2.05, 4.69) is 29.9 Å². The first-order valence-corrected chi connectivity index (χ1v) is 15.7. The number of methoxy groups -OCH3 is 1. The number of hydrogen-bond acceptors (Lipinski definition) is 10. The normalized spacial score (nSPS) is 25.2. The summed E-state index contributed by atoms with van der Waals surface area (Å²) in [6.45, 7) is 2.80. The van der Waals surface area contributed by atoms with Crippen molar-refractivity contribution in [2.75, 3.05) is 57.2 Å². The number of benzene rings is 2. The highest BCUT2D eigenvalue weighted by atomic mass is 32.1. The minimum atomic E-state index is -4.56. The average Bonchev–Trinajstić information content (AvgIpc) is 3.59. The van der Waals surface area contributed by atoms with Gasteiger partial charge >= 0.3 is 12.5 Å². The number of likely N-dealkylation sites (N-methyl/N-ethyl adjacent to an activating group) is 1. The minimum Gasteiger partial charge on any atom is -0.496 e. The number of nitrogens with one attached hydrogen (secondary N) is 2. The Morgan fingerprint density at radius 1 is 1.00 bits per heavy atom. The van der Waals surface area contributed by atoms with Gasteiger partial charge in [0, 0.05) is 32.2 Å². The SMILES string of the molecule is COc1ccc2nc(N3CCN(C)CC3)sc2c1C(=O)Nc1cc2c(cc1C(=O)NC13CCC(C(F)(F)F)(CC1)OC3)OC(F)(F)O2. The topological polar surface area (TPSA) is 114 Å². The van der Waals surface area contributed by atoms with Gasteiger partial charge in [-0.1, -0.05) is 11.3 Å². The number of anilines is 2. The lowest BCUT2D eigenvalue weighted by atomic mass is 9.70. The van der Waals surface area contributed by atoms with Crippen LogP contribution >= 0.6 is 11.3 Å². The third-order valence-electron chi connectivity index (χ3n) is 9.30. The molecule has 1 saturated carbocycles. The molecule has 252 valence electrons. The number of alkyl halides is 5. The molecular formula is C30H30F5N5O6S. The molecular weight excluding hydrogens is 653 g/mol.